The van der Waals surface area contributed by atoms with Crippen molar-refractivity contribution < 1.29 is 0 Å². The second kappa shape index (κ2) is 7.84. The Kier molecular flexibility index (Phi) is 6.10. The Labute approximate surface area is 126 Å². The molecular weight excluding hydrogens is 268 g/mol. The van der Waals surface area contributed by atoms with Crippen molar-refractivity contribution in [3.8, 4) is 0 Å². The quantitative estimate of drug-likeness (QED) is 0.817. The Morgan fingerprint density at radius 1 is 1.45 bits per heavy atom. The Morgan fingerprint density at radius 2 is 2.30 bits per heavy atom. The number of aryl methyl sites for hydroxylation is 1. The first-order chi connectivity index (χ1) is 9.74. The van der Waals surface area contributed by atoms with Crippen LogP contribution in [0.25, 0.3) is 0 Å². The molecule has 1 aliphatic heterocycles. The second-order valence-corrected chi connectivity index (χ2v) is 6.71. The van der Waals surface area contributed by atoms with E-state index in [1.807, 2.05) is 6.20 Å². The topological polar surface area (TPSA) is 41.1 Å². The molecule has 0 bridgehead atoms. The van der Waals surface area contributed by atoms with E-state index < -0.39 is 0 Å². The summed E-state index contributed by atoms with van der Waals surface area (Å²) in [5, 5.41) is 4.13. The van der Waals surface area contributed by atoms with Crippen molar-refractivity contribution in [2.45, 2.75) is 45.4 Å². The lowest BCUT2D eigenvalue weighted by Crippen LogP contribution is -2.38. The average Bonchev–Trinajstić information content (AvgIpc) is 2.49. The molecule has 2 heterocycles. The van der Waals surface area contributed by atoms with Crippen molar-refractivity contribution in [1.82, 2.24) is 15.3 Å². The van der Waals surface area contributed by atoms with Gasteiger partial charge in [0.05, 0.1) is 0 Å². The number of nitrogens with one attached hydrogen (secondary N) is 1. The molecule has 0 spiro atoms. The van der Waals surface area contributed by atoms with Crippen LogP contribution in [0.5, 0.6) is 0 Å². The number of hydrogen-bond donors (Lipinski definition) is 1. The summed E-state index contributed by atoms with van der Waals surface area (Å²) in [5.41, 5.74) is 2.31. The van der Waals surface area contributed by atoms with Crippen LogP contribution in [0.3, 0.4) is 0 Å². The fourth-order valence-corrected chi connectivity index (χ4v) is 3.53. The number of rotatable bonds is 6. The summed E-state index contributed by atoms with van der Waals surface area (Å²) >= 11 is 2.08. The van der Waals surface area contributed by atoms with Gasteiger partial charge < -0.3 is 10.2 Å². The number of aromatic nitrogens is 2. The van der Waals surface area contributed by atoms with E-state index in [0.717, 1.165) is 49.5 Å². The van der Waals surface area contributed by atoms with Gasteiger partial charge in [0.1, 0.15) is 0 Å². The zero-order valence-electron chi connectivity index (χ0n) is 12.9. The van der Waals surface area contributed by atoms with Crippen LogP contribution in [0, 0.1) is 6.92 Å². The van der Waals surface area contributed by atoms with E-state index in [9.17, 15) is 0 Å². The van der Waals surface area contributed by atoms with Gasteiger partial charge in [-0.2, -0.15) is 11.8 Å². The van der Waals surface area contributed by atoms with Crippen LogP contribution in [-0.4, -0.2) is 40.6 Å². The minimum Gasteiger partial charge on any atom is -0.339 e. The predicted molar refractivity (Wildman–Crippen MR) is 87.5 cm³/mol. The summed E-state index contributed by atoms with van der Waals surface area (Å²) in [4.78, 5) is 11.6. The van der Waals surface area contributed by atoms with Gasteiger partial charge in [0.25, 0.3) is 0 Å². The number of hydrogen-bond acceptors (Lipinski definition) is 5. The highest BCUT2D eigenvalue weighted by Crippen LogP contribution is 2.24. The van der Waals surface area contributed by atoms with Crippen molar-refractivity contribution in [2.75, 3.05) is 30.3 Å². The van der Waals surface area contributed by atoms with Gasteiger partial charge in [-0.15, -0.1) is 0 Å². The Hall–Kier alpha value is -0.810. The molecule has 0 radical (unpaired) electrons. The first kappa shape index (κ1) is 15.6. The Balaban J connectivity index is 2.00. The summed E-state index contributed by atoms with van der Waals surface area (Å²) in [7, 11) is 0. The fourth-order valence-electron chi connectivity index (χ4n) is 2.35. The maximum Gasteiger partial charge on any atom is 0.225 e. The van der Waals surface area contributed by atoms with Crippen LogP contribution in [-0.2, 0) is 6.54 Å². The minimum atomic E-state index is 0.721. The lowest BCUT2D eigenvalue weighted by Gasteiger charge is -2.32. The molecule has 5 heteroatoms. The zero-order chi connectivity index (χ0) is 14.4. The first-order valence-electron chi connectivity index (χ1n) is 7.64. The largest absolute Gasteiger partial charge is 0.339 e. The summed E-state index contributed by atoms with van der Waals surface area (Å²) in [6.45, 7) is 10.6. The molecule has 1 fully saturated rings. The molecule has 1 atom stereocenters. The summed E-state index contributed by atoms with van der Waals surface area (Å²) in [6, 6.07) is 0. The zero-order valence-corrected chi connectivity index (χ0v) is 13.7. The van der Waals surface area contributed by atoms with E-state index in [0.29, 0.717) is 0 Å². The van der Waals surface area contributed by atoms with Gasteiger partial charge >= 0.3 is 0 Å². The smallest absolute Gasteiger partial charge is 0.225 e. The van der Waals surface area contributed by atoms with Gasteiger partial charge in [0.2, 0.25) is 5.95 Å². The number of thioether (sulfide) groups is 1. The standard InChI is InChI=1S/C15H26N4S/c1-4-6-16-9-13-10-17-15(18-12(13)3)19-7-8-20-14(5-2)11-19/h10,14,16H,4-9,11H2,1-3H3. The molecule has 1 saturated heterocycles. The molecule has 1 aromatic rings. The molecule has 1 N–H and O–H groups in total. The molecule has 1 aliphatic rings. The van der Waals surface area contributed by atoms with E-state index in [-0.39, 0.29) is 0 Å². The third kappa shape index (κ3) is 4.09. The third-order valence-corrected chi connectivity index (χ3v) is 5.06. The van der Waals surface area contributed by atoms with Gasteiger partial charge in [0, 0.05) is 48.1 Å². The number of nitrogens with zero attached hydrogens (tertiary/aromatic N) is 3. The number of anilines is 1. The van der Waals surface area contributed by atoms with Crippen molar-refractivity contribution in [3.63, 3.8) is 0 Å². The average molecular weight is 294 g/mol. The van der Waals surface area contributed by atoms with E-state index in [4.69, 9.17) is 4.98 Å². The summed E-state index contributed by atoms with van der Waals surface area (Å²) in [6.07, 6.45) is 4.37. The molecule has 2 rings (SSSR count). The second-order valence-electron chi connectivity index (χ2n) is 5.30. The van der Waals surface area contributed by atoms with Crippen molar-refractivity contribution in [3.05, 3.63) is 17.5 Å². The fraction of sp³-hybridized carbons (Fsp3) is 0.733. The third-order valence-electron chi connectivity index (χ3n) is 3.69. The molecule has 4 nitrogen and oxygen atoms in total. The molecule has 112 valence electrons. The molecule has 1 unspecified atom stereocenters. The van der Waals surface area contributed by atoms with Crippen LogP contribution in [0.4, 0.5) is 5.95 Å². The molecular formula is C15H26N4S. The van der Waals surface area contributed by atoms with Crippen LogP contribution in [0.1, 0.15) is 37.9 Å². The lowest BCUT2D eigenvalue weighted by molar-refractivity contribution is 0.664. The van der Waals surface area contributed by atoms with Crippen LogP contribution < -0.4 is 10.2 Å². The van der Waals surface area contributed by atoms with Gasteiger partial charge in [-0.3, -0.25) is 0 Å². The highest BCUT2D eigenvalue weighted by molar-refractivity contribution is 8.00. The van der Waals surface area contributed by atoms with Crippen molar-refractivity contribution in [1.29, 1.82) is 0 Å². The molecule has 0 amide bonds. The summed E-state index contributed by atoms with van der Waals surface area (Å²) in [5.74, 6) is 2.08. The van der Waals surface area contributed by atoms with Crippen LogP contribution in [0.2, 0.25) is 0 Å². The van der Waals surface area contributed by atoms with Crippen molar-refractivity contribution in [2.24, 2.45) is 0 Å². The molecule has 20 heavy (non-hydrogen) atoms. The molecule has 0 aliphatic carbocycles. The monoisotopic (exact) mass is 294 g/mol. The lowest BCUT2D eigenvalue weighted by atomic mass is 10.2. The van der Waals surface area contributed by atoms with E-state index in [2.05, 4.69) is 47.7 Å². The normalized spacial score (nSPS) is 19.4. The first-order valence-corrected chi connectivity index (χ1v) is 8.69. The maximum atomic E-state index is 4.71. The van der Waals surface area contributed by atoms with E-state index in [1.165, 1.54) is 17.7 Å². The van der Waals surface area contributed by atoms with Crippen LogP contribution in [0.15, 0.2) is 6.20 Å². The highest BCUT2D eigenvalue weighted by atomic mass is 32.2. The van der Waals surface area contributed by atoms with Gasteiger partial charge in [-0.05, 0) is 26.3 Å². The van der Waals surface area contributed by atoms with Crippen molar-refractivity contribution >= 4 is 17.7 Å². The molecule has 0 aromatic carbocycles. The predicted octanol–water partition coefficient (Wildman–Crippen LogP) is 2.62. The Morgan fingerprint density at radius 3 is 3.00 bits per heavy atom. The SMILES string of the molecule is CCCNCc1cnc(N2CCSC(CC)C2)nc1C. The van der Waals surface area contributed by atoms with E-state index >= 15 is 0 Å². The van der Waals surface area contributed by atoms with Gasteiger partial charge in [-0.25, -0.2) is 9.97 Å². The van der Waals surface area contributed by atoms with Gasteiger partial charge in [0.15, 0.2) is 0 Å². The summed E-state index contributed by atoms with van der Waals surface area (Å²) < 4.78 is 0. The highest BCUT2D eigenvalue weighted by Gasteiger charge is 2.21. The van der Waals surface area contributed by atoms with Crippen LogP contribution >= 0.6 is 11.8 Å². The van der Waals surface area contributed by atoms with Gasteiger partial charge in [-0.1, -0.05) is 13.8 Å². The molecule has 1 aromatic heterocycles. The van der Waals surface area contributed by atoms with E-state index in [1.54, 1.807) is 0 Å². The molecule has 0 saturated carbocycles. The minimum absolute atomic E-state index is 0.721. The Bertz CT molecular complexity index is 424. The maximum absolute atomic E-state index is 4.71.